The normalized spacial score (nSPS) is 12.7. The molecule has 0 heteroatoms. The third-order valence-electron chi connectivity index (χ3n) is 7.12. The van der Waals surface area contributed by atoms with E-state index in [9.17, 15) is 0 Å². The Morgan fingerprint density at radius 1 is 0.233 bits per heavy atom. The van der Waals surface area contributed by atoms with Gasteiger partial charge < -0.3 is 0 Å². The van der Waals surface area contributed by atoms with Gasteiger partial charge in [-0.05, 0) is 75.4 Å². The van der Waals surface area contributed by atoms with Crippen LogP contribution in [0.4, 0.5) is 0 Å². The smallest absolute Gasteiger partial charge is 0.000763 e. The molecule has 0 saturated heterocycles. The van der Waals surface area contributed by atoms with Crippen molar-refractivity contribution in [1.29, 1.82) is 0 Å². The van der Waals surface area contributed by atoms with E-state index in [0.717, 1.165) is 0 Å². The fourth-order valence-corrected chi connectivity index (χ4v) is 5.94. The van der Waals surface area contributed by atoms with E-state index in [1.807, 2.05) is 0 Å². The highest BCUT2D eigenvalue weighted by molar-refractivity contribution is 6.45. The fraction of sp³-hybridized carbons (Fsp3) is 0. The van der Waals surface area contributed by atoms with E-state index in [4.69, 9.17) is 0 Å². The zero-order valence-corrected chi connectivity index (χ0v) is 16.2. The Morgan fingerprint density at radius 2 is 0.767 bits per heavy atom. The summed E-state index contributed by atoms with van der Waals surface area (Å²) in [4.78, 5) is 0. The molecule has 0 aromatic heterocycles. The molecule has 0 nitrogen and oxygen atoms in total. The fourth-order valence-electron chi connectivity index (χ4n) is 5.94. The minimum Gasteiger partial charge on any atom is -0.0616 e. The van der Waals surface area contributed by atoms with E-state index < -0.39 is 0 Å². The van der Waals surface area contributed by atoms with Crippen molar-refractivity contribution >= 4 is 75.4 Å². The van der Waals surface area contributed by atoms with E-state index in [1.54, 1.807) is 0 Å². The van der Waals surface area contributed by atoms with Crippen molar-refractivity contribution in [1.82, 2.24) is 0 Å². The van der Waals surface area contributed by atoms with Gasteiger partial charge in [-0.1, -0.05) is 97.1 Å². The van der Waals surface area contributed by atoms with Crippen molar-refractivity contribution in [2.75, 3.05) is 0 Å². The van der Waals surface area contributed by atoms with Crippen LogP contribution in [0.15, 0.2) is 97.1 Å². The van der Waals surface area contributed by atoms with E-state index >= 15 is 0 Å². The highest BCUT2D eigenvalue weighted by atomic mass is 14.2. The molecule has 0 fully saturated rings. The summed E-state index contributed by atoms with van der Waals surface area (Å²) in [6.45, 7) is 0. The molecule has 136 valence electrons. The maximum absolute atomic E-state index is 2.34. The maximum atomic E-state index is 2.34. The molecule has 8 aromatic carbocycles. The number of hydrogen-bond donors (Lipinski definition) is 0. The van der Waals surface area contributed by atoms with Crippen molar-refractivity contribution in [3.63, 3.8) is 0 Å². The Hall–Kier alpha value is -3.90. The maximum Gasteiger partial charge on any atom is -0.000763 e. The van der Waals surface area contributed by atoms with E-state index in [1.165, 1.54) is 75.4 Å². The summed E-state index contributed by atoms with van der Waals surface area (Å²) in [6, 6.07) is 36.2. The quantitative estimate of drug-likeness (QED) is 0.183. The van der Waals surface area contributed by atoms with Gasteiger partial charge in [0.1, 0.15) is 0 Å². The van der Waals surface area contributed by atoms with Gasteiger partial charge in [-0.3, -0.25) is 0 Å². The summed E-state index contributed by atoms with van der Waals surface area (Å²) < 4.78 is 0. The number of rotatable bonds is 0. The molecule has 0 bridgehead atoms. The van der Waals surface area contributed by atoms with Crippen molar-refractivity contribution in [3.8, 4) is 0 Å². The largest absolute Gasteiger partial charge is 0.0616 e. The van der Waals surface area contributed by atoms with Crippen LogP contribution in [0.5, 0.6) is 0 Å². The van der Waals surface area contributed by atoms with Crippen LogP contribution in [0.2, 0.25) is 0 Å². The number of hydrogen-bond acceptors (Lipinski definition) is 0. The molecule has 30 heavy (non-hydrogen) atoms. The monoisotopic (exact) mass is 376 g/mol. The van der Waals surface area contributed by atoms with Crippen LogP contribution in [0.25, 0.3) is 75.4 Å². The molecule has 0 unspecified atom stereocenters. The van der Waals surface area contributed by atoms with Crippen molar-refractivity contribution in [2.24, 2.45) is 0 Å². The Bertz CT molecular complexity index is 1940. The average Bonchev–Trinajstić information content (AvgIpc) is 2.82. The average molecular weight is 376 g/mol. The van der Waals surface area contributed by atoms with E-state index in [-0.39, 0.29) is 0 Å². The minimum absolute atomic E-state index is 1.30. The van der Waals surface area contributed by atoms with Gasteiger partial charge in [0.15, 0.2) is 0 Å². The lowest BCUT2D eigenvalue weighted by molar-refractivity contribution is 1.79. The second-order valence-electron chi connectivity index (χ2n) is 8.49. The molecule has 0 N–H and O–H groups in total. The first-order chi connectivity index (χ1) is 14.9. The molecule has 0 aliphatic rings. The van der Waals surface area contributed by atoms with Crippen LogP contribution in [0.1, 0.15) is 0 Å². The third kappa shape index (κ3) is 1.58. The highest BCUT2D eigenvalue weighted by Crippen LogP contribution is 2.48. The van der Waals surface area contributed by atoms with Crippen LogP contribution >= 0.6 is 0 Å². The molecule has 0 saturated carbocycles. The second-order valence-corrected chi connectivity index (χ2v) is 8.49. The Morgan fingerprint density at radius 3 is 1.67 bits per heavy atom. The Labute approximate surface area is 172 Å². The molecule has 8 aromatic rings. The highest BCUT2D eigenvalue weighted by Gasteiger charge is 2.19. The molecule has 0 aliphatic heterocycles. The van der Waals surface area contributed by atoms with Gasteiger partial charge >= 0.3 is 0 Å². The summed E-state index contributed by atoms with van der Waals surface area (Å²) in [5.41, 5.74) is 0. The second kappa shape index (κ2) is 4.98. The minimum atomic E-state index is 1.30. The van der Waals surface area contributed by atoms with Gasteiger partial charge in [-0.2, -0.15) is 0 Å². The zero-order valence-electron chi connectivity index (χ0n) is 16.2. The predicted molar refractivity (Wildman–Crippen MR) is 131 cm³/mol. The Balaban J connectivity index is 1.87. The van der Waals surface area contributed by atoms with Gasteiger partial charge in [-0.25, -0.2) is 0 Å². The lowest BCUT2D eigenvalue weighted by Gasteiger charge is -2.20. The van der Waals surface area contributed by atoms with Crippen molar-refractivity contribution in [2.45, 2.75) is 0 Å². The molecule has 8 rings (SSSR count). The Kier molecular flexibility index (Phi) is 2.49. The zero-order chi connectivity index (χ0) is 19.4. The number of benzene rings is 8. The van der Waals surface area contributed by atoms with Crippen molar-refractivity contribution in [3.05, 3.63) is 97.1 Å². The van der Waals surface area contributed by atoms with Gasteiger partial charge in [0.25, 0.3) is 0 Å². The van der Waals surface area contributed by atoms with Crippen LogP contribution in [-0.2, 0) is 0 Å². The van der Waals surface area contributed by atoms with Crippen molar-refractivity contribution < 1.29 is 0 Å². The summed E-state index contributed by atoms with van der Waals surface area (Å²) in [5, 5.41) is 19.1. The van der Waals surface area contributed by atoms with Crippen LogP contribution < -0.4 is 0 Å². The topological polar surface area (TPSA) is 0 Å². The van der Waals surface area contributed by atoms with E-state index in [0.29, 0.717) is 0 Å². The first-order valence-electron chi connectivity index (χ1n) is 10.5. The molecule has 0 spiro atoms. The molecule has 0 heterocycles. The van der Waals surface area contributed by atoms with Gasteiger partial charge in [-0.15, -0.1) is 0 Å². The third-order valence-corrected chi connectivity index (χ3v) is 7.12. The lowest BCUT2D eigenvalue weighted by atomic mass is 9.82. The van der Waals surface area contributed by atoms with Crippen LogP contribution in [0, 0.1) is 0 Å². The van der Waals surface area contributed by atoms with Crippen LogP contribution in [0.3, 0.4) is 0 Å². The van der Waals surface area contributed by atoms with Gasteiger partial charge in [0.2, 0.25) is 0 Å². The first-order valence-corrected chi connectivity index (χ1v) is 10.5. The number of fused-ring (bicyclic) bond motifs is 6. The predicted octanol–water partition coefficient (Wildman–Crippen LogP) is 8.63. The summed E-state index contributed by atoms with van der Waals surface area (Å²) in [7, 11) is 0. The molecular formula is C30H16. The molecule has 0 aliphatic carbocycles. The standard InChI is InChI=1S/C30H16/c1-2-7-20-17(5-1)13-15-23-24-16-14-19-12-11-18-6-3-8-21-22-9-4-10-25(28(20)23)29(22)30(24)27(19)26(18)21/h1-16H. The lowest BCUT2D eigenvalue weighted by Crippen LogP contribution is -1.92. The van der Waals surface area contributed by atoms with Gasteiger partial charge in [0.05, 0.1) is 0 Å². The van der Waals surface area contributed by atoms with Crippen LogP contribution in [-0.4, -0.2) is 0 Å². The molecular weight excluding hydrogens is 360 g/mol. The molecule has 0 amide bonds. The summed E-state index contributed by atoms with van der Waals surface area (Å²) in [6.07, 6.45) is 0. The molecule has 0 atom stereocenters. The molecule has 0 radical (unpaired) electrons. The van der Waals surface area contributed by atoms with Gasteiger partial charge in [0, 0.05) is 0 Å². The first kappa shape index (κ1) is 15.0. The summed E-state index contributed by atoms with van der Waals surface area (Å²) >= 11 is 0. The summed E-state index contributed by atoms with van der Waals surface area (Å²) in [5.74, 6) is 0. The SMILES string of the molecule is c1ccc2c(c1)ccc1c3ccc4ccc5cccc6c7cccc(c21)c7c3c4c56. The van der Waals surface area contributed by atoms with E-state index in [2.05, 4.69) is 97.1 Å².